The average Bonchev–Trinajstić information content (AvgIpc) is 3.37. The topological polar surface area (TPSA) is 55.0 Å². The maximum Gasteiger partial charge on any atom is 0.274 e. The van der Waals surface area contributed by atoms with Crippen molar-refractivity contribution in [2.45, 2.75) is 19.4 Å². The van der Waals surface area contributed by atoms with Gasteiger partial charge in [-0.05, 0) is 42.8 Å². The molecule has 0 aliphatic carbocycles. The molecule has 0 unspecified atom stereocenters. The second kappa shape index (κ2) is 7.11. The van der Waals surface area contributed by atoms with Gasteiger partial charge in [-0.2, -0.15) is 5.10 Å². The van der Waals surface area contributed by atoms with E-state index in [1.165, 1.54) is 10.6 Å². The van der Waals surface area contributed by atoms with Gasteiger partial charge < -0.3 is 9.15 Å². The first-order chi connectivity index (χ1) is 13.2. The van der Waals surface area contributed by atoms with Crippen molar-refractivity contribution < 1.29 is 13.9 Å². The molecule has 0 radical (unpaired) electrons. The highest BCUT2D eigenvalue weighted by molar-refractivity contribution is 6.05. The average molecular weight is 360 g/mol. The van der Waals surface area contributed by atoms with Crippen LogP contribution >= 0.6 is 0 Å². The highest BCUT2D eigenvalue weighted by Gasteiger charge is 2.35. The van der Waals surface area contributed by atoms with Gasteiger partial charge in [0, 0.05) is 12.0 Å². The molecule has 4 rings (SSSR count). The Bertz CT molecular complexity index is 975. The minimum Gasteiger partial charge on any atom is -0.497 e. The number of nitrogens with zero attached hydrogens (tertiary/aromatic N) is 2. The van der Waals surface area contributed by atoms with Crippen LogP contribution in [0.3, 0.4) is 0 Å². The predicted octanol–water partition coefficient (Wildman–Crippen LogP) is 4.59. The molecule has 27 heavy (non-hydrogen) atoms. The van der Waals surface area contributed by atoms with E-state index < -0.39 is 0 Å². The van der Waals surface area contributed by atoms with Crippen molar-refractivity contribution in [2.24, 2.45) is 5.10 Å². The number of aryl methyl sites for hydroxylation is 1. The highest BCUT2D eigenvalue weighted by Crippen LogP contribution is 2.34. The van der Waals surface area contributed by atoms with E-state index in [0.29, 0.717) is 17.7 Å². The van der Waals surface area contributed by atoms with Gasteiger partial charge in [-0.25, -0.2) is 5.01 Å². The van der Waals surface area contributed by atoms with Crippen molar-refractivity contribution in [3.05, 3.63) is 89.4 Å². The third-order valence-corrected chi connectivity index (χ3v) is 4.69. The maximum atomic E-state index is 13.2. The smallest absolute Gasteiger partial charge is 0.274 e. The number of ether oxygens (including phenoxy) is 1. The fraction of sp³-hybridized carbons (Fsp3) is 0.182. The lowest BCUT2D eigenvalue weighted by Gasteiger charge is -2.20. The highest BCUT2D eigenvalue weighted by atomic mass is 16.5. The van der Waals surface area contributed by atoms with Gasteiger partial charge in [-0.15, -0.1) is 0 Å². The Balaban J connectivity index is 1.71. The second-order valence-corrected chi connectivity index (χ2v) is 6.53. The molecule has 1 aromatic heterocycles. The third kappa shape index (κ3) is 3.36. The summed E-state index contributed by atoms with van der Waals surface area (Å²) in [7, 11) is 1.58. The Labute approximate surface area is 157 Å². The van der Waals surface area contributed by atoms with Crippen LogP contribution in [-0.2, 0) is 0 Å². The monoisotopic (exact) mass is 360 g/mol. The number of hydrogen-bond acceptors (Lipinski definition) is 4. The van der Waals surface area contributed by atoms with E-state index in [9.17, 15) is 4.79 Å². The van der Waals surface area contributed by atoms with Gasteiger partial charge >= 0.3 is 0 Å². The Hall–Kier alpha value is -3.34. The van der Waals surface area contributed by atoms with Crippen molar-refractivity contribution in [2.75, 3.05) is 7.11 Å². The SMILES string of the molecule is COc1cccc(C(=O)N2N=C(c3ccc(C)cc3)C[C@H]2c2ccco2)c1. The molecular weight excluding hydrogens is 340 g/mol. The van der Waals surface area contributed by atoms with Crippen LogP contribution in [0.2, 0.25) is 0 Å². The van der Waals surface area contributed by atoms with Gasteiger partial charge in [0.1, 0.15) is 17.6 Å². The van der Waals surface area contributed by atoms with Crippen LogP contribution in [0.1, 0.15) is 39.7 Å². The summed E-state index contributed by atoms with van der Waals surface area (Å²) in [5, 5.41) is 6.17. The second-order valence-electron chi connectivity index (χ2n) is 6.53. The molecule has 3 aromatic rings. The number of carbonyl (C=O) groups is 1. The Morgan fingerprint density at radius 1 is 1.15 bits per heavy atom. The number of methoxy groups -OCH3 is 1. The van der Waals surface area contributed by atoms with Crippen molar-refractivity contribution in [1.29, 1.82) is 0 Å². The minimum atomic E-state index is -0.269. The van der Waals surface area contributed by atoms with E-state index in [-0.39, 0.29) is 11.9 Å². The van der Waals surface area contributed by atoms with Gasteiger partial charge in [0.15, 0.2) is 0 Å². The molecular formula is C22H20N2O3. The molecule has 0 spiro atoms. The summed E-state index contributed by atoms with van der Waals surface area (Å²) >= 11 is 0. The zero-order valence-corrected chi connectivity index (χ0v) is 15.3. The molecule has 0 N–H and O–H groups in total. The lowest BCUT2D eigenvalue weighted by atomic mass is 10.0. The van der Waals surface area contributed by atoms with E-state index >= 15 is 0 Å². The molecule has 5 nitrogen and oxygen atoms in total. The summed E-state index contributed by atoms with van der Waals surface area (Å²) in [6.45, 7) is 2.05. The van der Waals surface area contributed by atoms with Crippen molar-refractivity contribution in [1.82, 2.24) is 5.01 Å². The van der Waals surface area contributed by atoms with Gasteiger partial charge in [-0.1, -0.05) is 35.9 Å². The number of hydrazone groups is 1. The van der Waals surface area contributed by atoms with Crippen LogP contribution in [0.4, 0.5) is 0 Å². The van der Waals surface area contributed by atoms with E-state index in [4.69, 9.17) is 9.15 Å². The molecule has 0 saturated carbocycles. The fourth-order valence-corrected chi connectivity index (χ4v) is 3.21. The predicted molar refractivity (Wildman–Crippen MR) is 103 cm³/mol. The van der Waals surface area contributed by atoms with E-state index in [1.807, 2.05) is 49.4 Å². The number of rotatable bonds is 4. The number of carbonyl (C=O) groups excluding carboxylic acids is 1. The van der Waals surface area contributed by atoms with E-state index in [1.54, 1.807) is 31.6 Å². The largest absolute Gasteiger partial charge is 0.497 e. The zero-order valence-electron chi connectivity index (χ0n) is 15.3. The number of amides is 1. The lowest BCUT2D eigenvalue weighted by Crippen LogP contribution is -2.26. The van der Waals surface area contributed by atoms with Crippen LogP contribution in [0.15, 0.2) is 76.4 Å². The summed E-state index contributed by atoms with van der Waals surface area (Å²) < 4.78 is 10.8. The minimum absolute atomic E-state index is 0.183. The van der Waals surface area contributed by atoms with Crippen LogP contribution < -0.4 is 4.74 Å². The summed E-state index contributed by atoms with van der Waals surface area (Å²) in [5.41, 5.74) is 3.59. The Morgan fingerprint density at radius 2 is 1.96 bits per heavy atom. The summed E-state index contributed by atoms with van der Waals surface area (Å²) in [4.78, 5) is 13.2. The molecule has 2 aromatic carbocycles. The first kappa shape index (κ1) is 17.1. The maximum absolute atomic E-state index is 13.2. The van der Waals surface area contributed by atoms with Crippen molar-refractivity contribution in [3.63, 3.8) is 0 Å². The van der Waals surface area contributed by atoms with Crippen molar-refractivity contribution in [3.8, 4) is 5.75 Å². The van der Waals surface area contributed by atoms with Crippen molar-refractivity contribution >= 4 is 11.6 Å². The van der Waals surface area contributed by atoms with Crippen LogP contribution in [0.5, 0.6) is 5.75 Å². The molecule has 0 bridgehead atoms. The van der Waals surface area contributed by atoms with Crippen LogP contribution in [0.25, 0.3) is 0 Å². The summed E-state index contributed by atoms with van der Waals surface area (Å²) in [6.07, 6.45) is 2.22. The molecule has 0 fully saturated rings. The summed E-state index contributed by atoms with van der Waals surface area (Å²) in [5.74, 6) is 1.17. The number of furan rings is 1. The molecule has 5 heteroatoms. The zero-order chi connectivity index (χ0) is 18.8. The van der Waals surface area contributed by atoms with Gasteiger partial charge in [0.2, 0.25) is 0 Å². The molecule has 0 saturated heterocycles. The number of benzene rings is 2. The molecule has 1 aliphatic rings. The first-order valence-corrected chi connectivity index (χ1v) is 8.81. The molecule has 2 heterocycles. The van der Waals surface area contributed by atoms with Crippen LogP contribution in [-0.4, -0.2) is 23.7 Å². The Kier molecular flexibility index (Phi) is 4.50. The summed E-state index contributed by atoms with van der Waals surface area (Å²) in [6, 6.07) is 18.7. The van der Waals surface area contributed by atoms with Gasteiger partial charge in [0.25, 0.3) is 5.91 Å². The standard InChI is InChI=1S/C22H20N2O3/c1-15-8-10-16(11-9-15)19-14-20(21-7-4-12-27-21)24(23-19)22(25)17-5-3-6-18(13-17)26-2/h3-13,20H,14H2,1-2H3/t20-/m0/s1. The molecule has 1 aliphatic heterocycles. The normalized spacial score (nSPS) is 16.3. The van der Waals surface area contributed by atoms with Crippen LogP contribution in [0, 0.1) is 6.92 Å². The fourth-order valence-electron chi connectivity index (χ4n) is 3.21. The van der Waals surface area contributed by atoms with E-state index in [0.717, 1.165) is 17.0 Å². The lowest BCUT2D eigenvalue weighted by molar-refractivity contribution is 0.0692. The first-order valence-electron chi connectivity index (χ1n) is 8.81. The van der Waals surface area contributed by atoms with Gasteiger partial charge in [0.05, 0.1) is 19.1 Å². The quantitative estimate of drug-likeness (QED) is 0.684. The molecule has 1 amide bonds. The molecule has 1 atom stereocenters. The van der Waals surface area contributed by atoms with E-state index in [2.05, 4.69) is 5.10 Å². The number of hydrogen-bond donors (Lipinski definition) is 0. The third-order valence-electron chi connectivity index (χ3n) is 4.69. The molecule has 136 valence electrons. The van der Waals surface area contributed by atoms with Gasteiger partial charge in [-0.3, -0.25) is 4.79 Å². The Morgan fingerprint density at radius 3 is 2.67 bits per heavy atom.